The van der Waals surface area contributed by atoms with Gasteiger partial charge >= 0.3 is 0 Å². The molecule has 0 spiro atoms. The van der Waals surface area contributed by atoms with Crippen molar-refractivity contribution in [1.82, 2.24) is 4.98 Å². The minimum Gasteiger partial charge on any atom is -1.00 e. The first kappa shape index (κ1) is 15.3. The van der Waals surface area contributed by atoms with Crippen LogP contribution in [0.15, 0.2) is 48.5 Å². The second-order valence-corrected chi connectivity index (χ2v) is 6.45. The van der Waals surface area contributed by atoms with Gasteiger partial charge in [0.2, 0.25) is 11.2 Å². The van der Waals surface area contributed by atoms with E-state index in [1.54, 1.807) is 0 Å². The number of nitrogens with two attached hydrogens (primary N) is 1. The summed E-state index contributed by atoms with van der Waals surface area (Å²) < 4.78 is 2.31. The Morgan fingerprint density at radius 3 is 2.79 bits per heavy atom. The van der Waals surface area contributed by atoms with E-state index in [2.05, 4.69) is 39.9 Å². The number of nitrogens with one attached hydrogen (secondary N) is 1. The predicted octanol–water partition coefficient (Wildman–Crippen LogP) is 1.07. The molecule has 4 aromatic rings. The summed E-state index contributed by atoms with van der Waals surface area (Å²) in [7, 11) is 0. The van der Waals surface area contributed by atoms with Crippen LogP contribution in [0.4, 0.5) is 5.69 Å². The van der Waals surface area contributed by atoms with Crippen molar-refractivity contribution >= 4 is 39.1 Å². The summed E-state index contributed by atoms with van der Waals surface area (Å²) >= 11 is 6.37. The minimum atomic E-state index is 0. The Balaban J connectivity index is 0.00000146. The Morgan fingerprint density at radius 2 is 1.92 bits per heavy atom. The van der Waals surface area contributed by atoms with E-state index < -0.39 is 0 Å². The second-order valence-electron chi connectivity index (χ2n) is 6.04. The van der Waals surface area contributed by atoms with Gasteiger partial charge in [-0.2, -0.15) is 4.57 Å². The molecule has 0 saturated heterocycles. The molecule has 3 nitrogen and oxygen atoms in total. The van der Waals surface area contributed by atoms with Crippen LogP contribution in [0.25, 0.3) is 33.2 Å². The summed E-state index contributed by atoms with van der Waals surface area (Å²) in [6, 6.07) is 16.5. The molecule has 24 heavy (non-hydrogen) atoms. The van der Waals surface area contributed by atoms with Crippen molar-refractivity contribution < 1.29 is 17.0 Å². The van der Waals surface area contributed by atoms with Crippen LogP contribution in [-0.2, 0) is 13.0 Å². The fourth-order valence-electron chi connectivity index (χ4n) is 3.80. The van der Waals surface area contributed by atoms with Gasteiger partial charge in [0.15, 0.2) is 6.54 Å². The largest absolute Gasteiger partial charge is 1.00 e. The maximum Gasteiger partial charge on any atom is 0.231 e. The molecule has 1 aliphatic rings. The molecule has 0 radical (unpaired) electrons. The quantitative estimate of drug-likeness (QED) is 0.455. The lowest BCUT2D eigenvalue weighted by Crippen LogP contribution is -3.00. The van der Waals surface area contributed by atoms with Crippen LogP contribution in [0.5, 0.6) is 0 Å². The number of halogens is 2. The van der Waals surface area contributed by atoms with Crippen molar-refractivity contribution in [3.05, 3.63) is 59.1 Å². The van der Waals surface area contributed by atoms with Crippen molar-refractivity contribution in [2.45, 2.75) is 13.0 Å². The van der Waals surface area contributed by atoms with E-state index in [4.69, 9.17) is 17.3 Å². The zero-order valence-electron chi connectivity index (χ0n) is 12.8. The zero-order chi connectivity index (χ0) is 15.6. The molecule has 3 heterocycles. The number of para-hydroxylation sites is 1. The van der Waals surface area contributed by atoms with E-state index in [1.807, 2.05) is 18.2 Å². The Morgan fingerprint density at radius 1 is 1.08 bits per heavy atom. The van der Waals surface area contributed by atoms with Crippen LogP contribution in [0.1, 0.15) is 5.56 Å². The lowest BCUT2D eigenvalue weighted by atomic mass is 10.00. The number of pyridine rings is 1. The molecule has 2 aromatic carbocycles. The van der Waals surface area contributed by atoms with Gasteiger partial charge in [-0.3, -0.25) is 0 Å². The van der Waals surface area contributed by atoms with Gasteiger partial charge in [-0.1, -0.05) is 35.9 Å². The zero-order valence-corrected chi connectivity index (χ0v) is 14.3. The van der Waals surface area contributed by atoms with Gasteiger partial charge in [-0.15, -0.1) is 0 Å². The number of benzene rings is 2. The number of fused-ring (bicyclic) bond motifs is 7. The third-order valence-electron chi connectivity index (χ3n) is 4.81. The molecule has 0 atom stereocenters. The number of nitrogen functional groups attached to an aromatic ring is 1. The number of H-pyrrole nitrogens is 1. The summed E-state index contributed by atoms with van der Waals surface area (Å²) in [4.78, 5) is 3.57. The minimum absolute atomic E-state index is 0. The van der Waals surface area contributed by atoms with Crippen molar-refractivity contribution in [1.29, 1.82) is 0 Å². The third kappa shape index (κ3) is 1.95. The summed E-state index contributed by atoms with van der Waals surface area (Å²) in [6.07, 6.45) is 1.00. The van der Waals surface area contributed by atoms with Gasteiger partial charge in [0.05, 0.1) is 16.1 Å². The van der Waals surface area contributed by atoms with Crippen LogP contribution in [0, 0.1) is 0 Å². The van der Waals surface area contributed by atoms with Gasteiger partial charge in [0, 0.05) is 29.5 Å². The number of anilines is 1. The second kappa shape index (κ2) is 5.40. The van der Waals surface area contributed by atoms with Crippen LogP contribution < -0.4 is 22.7 Å². The number of aromatic nitrogens is 2. The Kier molecular flexibility index (Phi) is 3.44. The smallest absolute Gasteiger partial charge is 0.231 e. The normalized spacial score (nSPS) is 12.7. The van der Waals surface area contributed by atoms with Gasteiger partial charge in [0.25, 0.3) is 0 Å². The summed E-state index contributed by atoms with van der Waals surface area (Å²) in [5.74, 6) is 0. The fourth-order valence-corrected chi connectivity index (χ4v) is 4.08. The molecule has 2 aromatic heterocycles. The predicted molar refractivity (Wildman–Crippen MR) is 94.6 cm³/mol. The highest BCUT2D eigenvalue weighted by atomic mass is 35.5. The maximum absolute atomic E-state index is 6.37. The molecule has 0 saturated carbocycles. The molecule has 5 rings (SSSR count). The highest BCUT2D eigenvalue weighted by Gasteiger charge is 2.29. The van der Waals surface area contributed by atoms with Crippen LogP contribution >= 0.6 is 11.6 Å². The number of nitrogens with zero attached hydrogens (tertiary/aromatic N) is 1. The lowest BCUT2D eigenvalue weighted by Gasteiger charge is -2.15. The monoisotopic (exact) mass is 355 g/mol. The van der Waals surface area contributed by atoms with E-state index >= 15 is 0 Å². The molecule has 1 aliphatic heterocycles. The topological polar surface area (TPSA) is 45.7 Å². The van der Waals surface area contributed by atoms with E-state index in [9.17, 15) is 0 Å². The van der Waals surface area contributed by atoms with Gasteiger partial charge in [0.1, 0.15) is 5.69 Å². The van der Waals surface area contributed by atoms with E-state index in [-0.39, 0.29) is 12.4 Å². The first-order valence-electron chi connectivity index (χ1n) is 7.74. The average molecular weight is 356 g/mol. The van der Waals surface area contributed by atoms with Crippen LogP contribution in [0.2, 0.25) is 5.02 Å². The van der Waals surface area contributed by atoms with Crippen molar-refractivity contribution in [2.24, 2.45) is 0 Å². The van der Waals surface area contributed by atoms with E-state index in [0.717, 1.165) is 35.2 Å². The number of hydrogen-bond donors (Lipinski definition) is 2. The maximum atomic E-state index is 6.37. The molecule has 3 N–H and O–H groups in total. The molecule has 0 fully saturated rings. The van der Waals surface area contributed by atoms with Gasteiger partial charge in [-0.25, -0.2) is 0 Å². The van der Waals surface area contributed by atoms with Gasteiger partial charge in [-0.05, 0) is 17.7 Å². The van der Waals surface area contributed by atoms with Crippen LogP contribution in [0.3, 0.4) is 0 Å². The highest BCUT2D eigenvalue weighted by Crippen LogP contribution is 2.36. The van der Waals surface area contributed by atoms with Crippen molar-refractivity contribution in [3.63, 3.8) is 0 Å². The fraction of sp³-hybridized carbons (Fsp3) is 0.105. The number of rotatable bonds is 0. The molecule has 120 valence electrons. The van der Waals surface area contributed by atoms with Crippen LogP contribution in [-0.4, -0.2) is 4.98 Å². The molecule has 5 heteroatoms. The highest BCUT2D eigenvalue weighted by molar-refractivity contribution is 6.36. The first-order valence-corrected chi connectivity index (χ1v) is 8.12. The number of hydrogen-bond acceptors (Lipinski definition) is 1. The standard InChI is InChI=1S/C19H14ClN3.ClH/c20-13-5-3-7-16-18(13)14(21)10-17-19-12(8-9-23(16)17)11-4-1-2-6-15(11)22-19;/h1-7,10H,8-9H2,(H2,21,22);1H. The van der Waals surface area contributed by atoms with Gasteiger partial charge < -0.3 is 23.1 Å². The van der Waals surface area contributed by atoms with Crippen molar-refractivity contribution in [2.75, 3.05) is 5.73 Å². The Labute approximate surface area is 150 Å². The average Bonchev–Trinajstić information content (AvgIpc) is 2.94. The van der Waals surface area contributed by atoms with E-state index in [1.165, 1.54) is 22.2 Å². The lowest BCUT2D eigenvalue weighted by molar-refractivity contribution is -0.661. The van der Waals surface area contributed by atoms with Crippen molar-refractivity contribution in [3.8, 4) is 11.4 Å². The molecule has 0 bridgehead atoms. The molecule has 0 unspecified atom stereocenters. The SMILES string of the molecule is Nc1cc2[n+](c3cccc(Cl)c13)CCc1c-2[nH]c2ccccc12.[Cl-]. The summed E-state index contributed by atoms with van der Waals surface area (Å²) in [5.41, 5.74) is 13.0. The summed E-state index contributed by atoms with van der Waals surface area (Å²) in [6.45, 7) is 0.932. The summed E-state index contributed by atoms with van der Waals surface area (Å²) in [5, 5.41) is 2.95. The van der Waals surface area contributed by atoms with E-state index in [0.29, 0.717) is 5.02 Å². The Bertz CT molecular complexity index is 1100. The molecular formula is C19H15Cl2N3. The Hall–Kier alpha value is -2.23. The molecule has 0 aliphatic carbocycles. The molecule has 0 amide bonds. The first-order chi connectivity index (χ1) is 11.2. The number of aryl methyl sites for hydroxylation is 2. The molecular weight excluding hydrogens is 341 g/mol. The number of aromatic amines is 1. The third-order valence-corrected chi connectivity index (χ3v) is 5.12.